The molecule has 0 unspecified atom stereocenters. The van der Waals surface area contributed by atoms with Gasteiger partial charge < -0.3 is 20.3 Å². The maximum atomic E-state index is 12.4. The van der Waals surface area contributed by atoms with Crippen LogP contribution in [0.3, 0.4) is 0 Å². The fraction of sp³-hybridized carbons (Fsp3) is 0.350. The second kappa shape index (κ2) is 10.2. The molecule has 0 bridgehead atoms. The molecule has 0 aliphatic heterocycles. The normalized spacial score (nSPS) is 10.8. The topological polar surface area (TPSA) is 53.6 Å². The highest BCUT2D eigenvalue weighted by atomic mass is 35.5. The lowest BCUT2D eigenvalue weighted by Crippen LogP contribution is -2.27. The van der Waals surface area contributed by atoms with E-state index in [1.165, 1.54) is 0 Å². The van der Waals surface area contributed by atoms with Crippen molar-refractivity contribution in [2.75, 3.05) is 34.2 Å². The molecule has 0 aliphatic carbocycles. The molecule has 0 aliphatic rings. The summed E-state index contributed by atoms with van der Waals surface area (Å²) < 4.78 is 5.94. The first-order valence-electron chi connectivity index (χ1n) is 8.63. The van der Waals surface area contributed by atoms with Gasteiger partial charge in [-0.05, 0) is 70.5 Å². The molecule has 0 atom stereocenters. The molecule has 2 aromatic carbocycles. The number of rotatable bonds is 9. The number of benzene rings is 2. The van der Waals surface area contributed by atoms with Gasteiger partial charge in [-0.15, -0.1) is 0 Å². The van der Waals surface area contributed by atoms with E-state index in [0.717, 1.165) is 18.5 Å². The molecule has 2 rings (SSSR count). The monoisotopic (exact) mass is 375 g/mol. The lowest BCUT2D eigenvalue weighted by Gasteiger charge is -2.14. The molecule has 140 valence electrons. The molecule has 0 spiro atoms. The van der Waals surface area contributed by atoms with Crippen LogP contribution in [0.2, 0.25) is 5.02 Å². The van der Waals surface area contributed by atoms with Crippen LogP contribution in [-0.2, 0) is 6.54 Å². The average molecular weight is 376 g/mol. The first-order valence-corrected chi connectivity index (χ1v) is 9.01. The lowest BCUT2D eigenvalue weighted by molar-refractivity contribution is 0.0952. The van der Waals surface area contributed by atoms with Gasteiger partial charge >= 0.3 is 0 Å². The van der Waals surface area contributed by atoms with Gasteiger partial charge in [0.05, 0.1) is 0 Å². The third-order valence-corrected chi connectivity index (χ3v) is 4.02. The SMILES string of the molecule is CNCc1cc(C(=O)NCCCN(C)C)ccc1Oc1cccc(Cl)c1. The fourth-order valence-electron chi connectivity index (χ4n) is 2.51. The van der Waals surface area contributed by atoms with Crippen molar-refractivity contribution in [1.29, 1.82) is 0 Å². The Hall–Kier alpha value is -2.08. The molecule has 0 saturated carbocycles. The van der Waals surface area contributed by atoms with Crippen LogP contribution in [0.25, 0.3) is 0 Å². The summed E-state index contributed by atoms with van der Waals surface area (Å²) in [4.78, 5) is 14.5. The zero-order valence-electron chi connectivity index (χ0n) is 15.5. The first-order chi connectivity index (χ1) is 12.5. The highest BCUT2D eigenvalue weighted by Crippen LogP contribution is 2.28. The Labute approximate surface area is 160 Å². The zero-order valence-corrected chi connectivity index (χ0v) is 16.3. The van der Waals surface area contributed by atoms with Crippen LogP contribution >= 0.6 is 11.6 Å². The lowest BCUT2D eigenvalue weighted by atomic mass is 10.1. The Morgan fingerprint density at radius 3 is 2.69 bits per heavy atom. The molecule has 0 saturated heterocycles. The second-order valence-corrected chi connectivity index (χ2v) is 6.76. The van der Waals surface area contributed by atoms with E-state index in [2.05, 4.69) is 15.5 Å². The molecule has 2 N–H and O–H groups in total. The number of hydrogen-bond donors (Lipinski definition) is 2. The largest absolute Gasteiger partial charge is 0.457 e. The molecular weight excluding hydrogens is 350 g/mol. The van der Waals surface area contributed by atoms with Gasteiger partial charge in [0.1, 0.15) is 11.5 Å². The summed E-state index contributed by atoms with van der Waals surface area (Å²) in [5, 5.41) is 6.68. The van der Waals surface area contributed by atoms with Crippen molar-refractivity contribution in [1.82, 2.24) is 15.5 Å². The zero-order chi connectivity index (χ0) is 18.9. The van der Waals surface area contributed by atoms with Crippen LogP contribution in [0.4, 0.5) is 0 Å². The van der Waals surface area contributed by atoms with E-state index in [4.69, 9.17) is 16.3 Å². The molecule has 0 radical (unpaired) electrons. The number of hydrogen-bond acceptors (Lipinski definition) is 4. The minimum Gasteiger partial charge on any atom is -0.457 e. The van der Waals surface area contributed by atoms with Crippen molar-refractivity contribution in [3.05, 3.63) is 58.6 Å². The molecule has 1 amide bonds. The van der Waals surface area contributed by atoms with Crippen molar-refractivity contribution in [2.24, 2.45) is 0 Å². The second-order valence-electron chi connectivity index (χ2n) is 6.32. The van der Waals surface area contributed by atoms with Crippen molar-refractivity contribution in [2.45, 2.75) is 13.0 Å². The number of nitrogens with one attached hydrogen (secondary N) is 2. The fourth-order valence-corrected chi connectivity index (χ4v) is 2.69. The Morgan fingerprint density at radius 2 is 2.00 bits per heavy atom. The van der Waals surface area contributed by atoms with Crippen molar-refractivity contribution < 1.29 is 9.53 Å². The number of nitrogens with zero attached hydrogens (tertiary/aromatic N) is 1. The van der Waals surface area contributed by atoms with Gasteiger partial charge in [-0.1, -0.05) is 17.7 Å². The standard InChI is InChI=1S/C20H26ClN3O2/c1-22-14-16-12-15(20(25)23-10-5-11-24(2)3)8-9-19(16)26-18-7-4-6-17(21)13-18/h4,6-9,12-13,22H,5,10-11,14H2,1-3H3,(H,23,25). The third kappa shape index (κ3) is 6.33. The number of carbonyl (C=O) groups excluding carboxylic acids is 1. The molecule has 0 heterocycles. The predicted octanol–water partition coefficient (Wildman–Crippen LogP) is 3.53. The van der Waals surface area contributed by atoms with Gasteiger partial charge in [0.15, 0.2) is 0 Å². The van der Waals surface area contributed by atoms with Crippen molar-refractivity contribution >= 4 is 17.5 Å². The summed E-state index contributed by atoms with van der Waals surface area (Å²) in [6, 6.07) is 12.7. The van der Waals surface area contributed by atoms with Gasteiger partial charge in [-0.3, -0.25) is 4.79 Å². The Bertz CT molecular complexity index is 735. The summed E-state index contributed by atoms with van der Waals surface area (Å²) >= 11 is 6.01. The van der Waals surface area contributed by atoms with Crippen molar-refractivity contribution in [3.8, 4) is 11.5 Å². The quantitative estimate of drug-likeness (QED) is 0.658. The number of halogens is 1. The van der Waals surface area contributed by atoms with E-state index in [9.17, 15) is 4.79 Å². The van der Waals surface area contributed by atoms with Crippen LogP contribution < -0.4 is 15.4 Å². The van der Waals surface area contributed by atoms with Gasteiger partial charge in [-0.2, -0.15) is 0 Å². The number of amides is 1. The summed E-state index contributed by atoms with van der Waals surface area (Å²) in [6.07, 6.45) is 0.915. The van der Waals surface area contributed by atoms with E-state index in [-0.39, 0.29) is 5.91 Å². The van der Waals surface area contributed by atoms with Crippen LogP contribution in [-0.4, -0.2) is 45.0 Å². The van der Waals surface area contributed by atoms with Crippen LogP contribution in [0, 0.1) is 0 Å². The van der Waals surface area contributed by atoms with E-state index in [1.54, 1.807) is 18.2 Å². The average Bonchev–Trinajstić information content (AvgIpc) is 2.60. The maximum absolute atomic E-state index is 12.4. The summed E-state index contributed by atoms with van der Waals surface area (Å²) in [7, 11) is 5.89. The maximum Gasteiger partial charge on any atom is 0.251 e. The molecule has 2 aromatic rings. The summed E-state index contributed by atoms with van der Waals surface area (Å²) in [6.45, 7) is 2.19. The summed E-state index contributed by atoms with van der Waals surface area (Å²) in [5.74, 6) is 1.29. The Balaban J connectivity index is 2.08. The van der Waals surface area contributed by atoms with Gasteiger partial charge in [0.25, 0.3) is 5.91 Å². The number of ether oxygens (including phenoxy) is 1. The molecule has 26 heavy (non-hydrogen) atoms. The molecule has 6 heteroatoms. The van der Waals surface area contributed by atoms with Crippen LogP contribution in [0.15, 0.2) is 42.5 Å². The van der Waals surface area contributed by atoms with Crippen LogP contribution in [0.5, 0.6) is 11.5 Å². The highest BCUT2D eigenvalue weighted by Gasteiger charge is 2.11. The minimum atomic E-state index is -0.0737. The summed E-state index contributed by atoms with van der Waals surface area (Å²) in [5.41, 5.74) is 1.53. The van der Waals surface area contributed by atoms with Gasteiger partial charge in [0, 0.05) is 29.2 Å². The Kier molecular flexibility index (Phi) is 7.91. The third-order valence-electron chi connectivity index (χ3n) is 3.78. The predicted molar refractivity (Wildman–Crippen MR) is 106 cm³/mol. The minimum absolute atomic E-state index is 0.0737. The molecule has 5 nitrogen and oxygen atoms in total. The van der Waals surface area contributed by atoms with Crippen molar-refractivity contribution in [3.63, 3.8) is 0 Å². The number of carbonyl (C=O) groups is 1. The van der Waals surface area contributed by atoms with E-state index in [0.29, 0.717) is 35.2 Å². The molecular formula is C20H26ClN3O2. The first kappa shape index (κ1) is 20.2. The molecule has 0 aromatic heterocycles. The van der Waals surface area contributed by atoms with Gasteiger partial charge in [0.2, 0.25) is 0 Å². The smallest absolute Gasteiger partial charge is 0.251 e. The van der Waals surface area contributed by atoms with E-state index in [1.807, 2.05) is 45.4 Å². The Morgan fingerprint density at radius 1 is 1.19 bits per heavy atom. The highest BCUT2D eigenvalue weighted by molar-refractivity contribution is 6.30. The van der Waals surface area contributed by atoms with Gasteiger partial charge in [-0.25, -0.2) is 0 Å². The van der Waals surface area contributed by atoms with E-state index >= 15 is 0 Å². The molecule has 0 fully saturated rings. The van der Waals surface area contributed by atoms with E-state index < -0.39 is 0 Å². The van der Waals surface area contributed by atoms with Crippen LogP contribution in [0.1, 0.15) is 22.3 Å².